The monoisotopic (exact) mass is 263 g/mol. The Balaban J connectivity index is 2.54. The van der Waals surface area contributed by atoms with Crippen LogP contribution in [0.1, 0.15) is 46.1 Å². The number of pyridine rings is 1. The van der Waals surface area contributed by atoms with E-state index in [1.807, 2.05) is 12.4 Å². The summed E-state index contributed by atoms with van der Waals surface area (Å²) in [6.07, 6.45) is 6.18. The van der Waals surface area contributed by atoms with Crippen LogP contribution in [-0.4, -0.2) is 35.1 Å². The second-order valence-electron chi connectivity index (χ2n) is 6.34. The molecule has 1 aromatic heterocycles. The summed E-state index contributed by atoms with van der Waals surface area (Å²) in [6, 6.07) is 4.77. The molecule has 0 aliphatic rings. The Kier molecular flexibility index (Phi) is 6.46. The molecule has 0 saturated carbocycles. The zero-order valence-electron chi connectivity index (χ0n) is 13.1. The van der Waals surface area contributed by atoms with Gasteiger partial charge in [0.25, 0.3) is 0 Å². The van der Waals surface area contributed by atoms with Gasteiger partial charge in [-0.05, 0) is 51.9 Å². The van der Waals surface area contributed by atoms with Gasteiger partial charge in [0.15, 0.2) is 0 Å². The van der Waals surface area contributed by atoms with Gasteiger partial charge in [-0.1, -0.05) is 13.3 Å². The van der Waals surface area contributed by atoms with Crippen molar-refractivity contribution in [3.8, 4) is 0 Å². The van der Waals surface area contributed by atoms with E-state index in [1.165, 1.54) is 18.4 Å². The first-order valence-corrected chi connectivity index (χ1v) is 7.26. The lowest BCUT2D eigenvalue weighted by Gasteiger charge is -2.31. The van der Waals surface area contributed by atoms with Gasteiger partial charge in [-0.25, -0.2) is 0 Å². The Morgan fingerprint density at radius 3 is 2.42 bits per heavy atom. The SMILES string of the molecule is CCCC(CNC(C)(C)C)N(C)Cc1ccncc1. The molecule has 1 heterocycles. The van der Waals surface area contributed by atoms with Crippen molar-refractivity contribution in [2.45, 2.75) is 58.7 Å². The van der Waals surface area contributed by atoms with Crippen LogP contribution in [0, 0.1) is 0 Å². The van der Waals surface area contributed by atoms with Crippen LogP contribution in [0.5, 0.6) is 0 Å². The Labute approximate surface area is 118 Å². The maximum atomic E-state index is 4.07. The Hall–Kier alpha value is -0.930. The summed E-state index contributed by atoms with van der Waals surface area (Å²) in [5.41, 5.74) is 1.51. The van der Waals surface area contributed by atoms with Gasteiger partial charge in [0.1, 0.15) is 0 Å². The third-order valence-corrected chi connectivity index (χ3v) is 3.29. The second-order valence-corrected chi connectivity index (χ2v) is 6.34. The fourth-order valence-electron chi connectivity index (χ4n) is 2.14. The zero-order chi connectivity index (χ0) is 14.3. The molecule has 1 aromatic rings. The third-order valence-electron chi connectivity index (χ3n) is 3.29. The molecule has 19 heavy (non-hydrogen) atoms. The molecule has 0 amide bonds. The van der Waals surface area contributed by atoms with Crippen molar-refractivity contribution in [1.82, 2.24) is 15.2 Å². The van der Waals surface area contributed by atoms with E-state index in [0.29, 0.717) is 6.04 Å². The van der Waals surface area contributed by atoms with Crippen LogP contribution >= 0.6 is 0 Å². The highest BCUT2D eigenvalue weighted by Gasteiger charge is 2.17. The third kappa shape index (κ3) is 6.69. The Morgan fingerprint density at radius 2 is 1.89 bits per heavy atom. The lowest BCUT2D eigenvalue weighted by molar-refractivity contribution is 0.202. The minimum Gasteiger partial charge on any atom is -0.311 e. The molecule has 0 bridgehead atoms. The predicted octanol–water partition coefficient (Wildman–Crippen LogP) is 3.07. The van der Waals surface area contributed by atoms with Gasteiger partial charge in [-0.3, -0.25) is 9.88 Å². The quantitative estimate of drug-likeness (QED) is 0.819. The predicted molar refractivity (Wildman–Crippen MR) is 82.2 cm³/mol. The average molecular weight is 263 g/mol. The topological polar surface area (TPSA) is 28.2 Å². The number of likely N-dealkylation sites (N-methyl/N-ethyl adjacent to an activating group) is 1. The van der Waals surface area contributed by atoms with Crippen molar-refractivity contribution >= 4 is 0 Å². The maximum absolute atomic E-state index is 4.07. The lowest BCUT2D eigenvalue weighted by atomic mass is 10.1. The molecule has 1 N–H and O–H groups in total. The number of nitrogens with zero attached hydrogens (tertiary/aromatic N) is 2. The lowest BCUT2D eigenvalue weighted by Crippen LogP contribution is -2.46. The van der Waals surface area contributed by atoms with Crippen molar-refractivity contribution in [3.05, 3.63) is 30.1 Å². The maximum Gasteiger partial charge on any atom is 0.0271 e. The van der Waals surface area contributed by atoms with E-state index in [0.717, 1.165) is 13.1 Å². The highest BCUT2D eigenvalue weighted by molar-refractivity contribution is 5.09. The van der Waals surface area contributed by atoms with Crippen LogP contribution in [0.15, 0.2) is 24.5 Å². The highest BCUT2D eigenvalue weighted by atomic mass is 15.2. The molecule has 3 heteroatoms. The molecule has 0 aliphatic carbocycles. The van der Waals surface area contributed by atoms with Crippen molar-refractivity contribution in [2.75, 3.05) is 13.6 Å². The zero-order valence-corrected chi connectivity index (χ0v) is 13.1. The molecule has 3 nitrogen and oxygen atoms in total. The summed E-state index contributed by atoms with van der Waals surface area (Å²) in [6.45, 7) is 10.9. The van der Waals surface area contributed by atoms with Crippen molar-refractivity contribution in [2.24, 2.45) is 0 Å². The summed E-state index contributed by atoms with van der Waals surface area (Å²) in [5, 5.41) is 3.62. The standard InChI is InChI=1S/C16H29N3/c1-6-7-15(12-18-16(2,3)4)19(5)13-14-8-10-17-11-9-14/h8-11,15,18H,6-7,12-13H2,1-5H3. The van der Waals surface area contributed by atoms with Gasteiger partial charge in [0.05, 0.1) is 0 Å². The normalized spacial score (nSPS) is 13.8. The number of hydrogen-bond acceptors (Lipinski definition) is 3. The second kappa shape index (κ2) is 7.61. The van der Waals surface area contributed by atoms with E-state index < -0.39 is 0 Å². The molecule has 0 aliphatic heterocycles. The molecule has 0 radical (unpaired) electrons. The van der Waals surface area contributed by atoms with Crippen LogP contribution in [-0.2, 0) is 6.54 Å². The van der Waals surface area contributed by atoms with Crippen molar-refractivity contribution in [3.63, 3.8) is 0 Å². The first kappa shape index (κ1) is 16.1. The van der Waals surface area contributed by atoms with Crippen LogP contribution in [0.4, 0.5) is 0 Å². The van der Waals surface area contributed by atoms with Crippen LogP contribution < -0.4 is 5.32 Å². The van der Waals surface area contributed by atoms with Crippen LogP contribution in [0.25, 0.3) is 0 Å². The van der Waals surface area contributed by atoms with E-state index in [4.69, 9.17) is 0 Å². The first-order chi connectivity index (χ1) is 8.92. The average Bonchev–Trinajstić information content (AvgIpc) is 2.34. The smallest absolute Gasteiger partial charge is 0.0271 e. The van der Waals surface area contributed by atoms with E-state index in [1.54, 1.807) is 0 Å². The summed E-state index contributed by atoms with van der Waals surface area (Å²) < 4.78 is 0. The van der Waals surface area contributed by atoms with E-state index >= 15 is 0 Å². The van der Waals surface area contributed by atoms with Gasteiger partial charge in [0.2, 0.25) is 0 Å². The molecule has 1 rings (SSSR count). The molecule has 0 spiro atoms. The van der Waals surface area contributed by atoms with Crippen LogP contribution in [0.2, 0.25) is 0 Å². The molecule has 1 atom stereocenters. The number of hydrogen-bond donors (Lipinski definition) is 1. The largest absolute Gasteiger partial charge is 0.311 e. The van der Waals surface area contributed by atoms with Crippen molar-refractivity contribution in [1.29, 1.82) is 0 Å². The Morgan fingerprint density at radius 1 is 1.26 bits per heavy atom. The molecule has 0 saturated heterocycles. The van der Waals surface area contributed by atoms with Gasteiger partial charge >= 0.3 is 0 Å². The summed E-state index contributed by atoms with van der Waals surface area (Å²) in [4.78, 5) is 6.51. The van der Waals surface area contributed by atoms with Gasteiger partial charge < -0.3 is 5.32 Å². The number of nitrogens with one attached hydrogen (secondary N) is 1. The van der Waals surface area contributed by atoms with E-state index in [9.17, 15) is 0 Å². The molecule has 108 valence electrons. The molecule has 0 aromatic carbocycles. The summed E-state index contributed by atoms with van der Waals surface area (Å²) >= 11 is 0. The minimum atomic E-state index is 0.184. The van der Waals surface area contributed by atoms with Gasteiger partial charge in [0, 0.05) is 37.1 Å². The number of rotatable bonds is 7. The first-order valence-electron chi connectivity index (χ1n) is 7.26. The molecular weight excluding hydrogens is 234 g/mol. The fourth-order valence-corrected chi connectivity index (χ4v) is 2.14. The number of aromatic nitrogens is 1. The summed E-state index contributed by atoms with van der Waals surface area (Å²) in [5.74, 6) is 0. The minimum absolute atomic E-state index is 0.184. The van der Waals surface area contributed by atoms with E-state index in [2.05, 4.69) is 62.1 Å². The van der Waals surface area contributed by atoms with Gasteiger partial charge in [-0.15, -0.1) is 0 Å². The summed E-state index contributed by atoms with van der Waals surface area (Å²) in [7, 11) is 2.21. The highest BCUT2D eigenvalue weighted by Crippen LogP contribution is 2.11. The molecule has 0 fully saturated rings. The van der Waals surface area contributed by atoms with Crippen molar-refractivity contribution < 1.29 is 0 Å². The van der Waals surface area contributed by atoms with Gasteiger partial charge in [-0.2, -0.15) is 0 Å². The molecule has 1 unspecified atom stereocenters. The fraction of sp³-hybridized carbons (Fsp3) is 0.688. The van der Waals surface area contributed by atoms with E-state index in [-0.39, 0.29) is 5.54 Å². The Bertz CT molecular complexity index is 343. The van der Waals surface area contributed by atoms with Crippen LogP contribution in [0.3, 0.4) is 0 Å². The molecular formula is C16H29N3.